The van der Waals surface area contributed by atoms with E-state index < -0.39 is 0 Å². The number of aromatic nitrogens is 2. The minimum Gasteiger partial charge on any atom is -0.363 e. The van der Waals surface area contributed by atoms with Crippen molar-refractivity contribution in [2.75, 3.05) is 39.1 Å². The molecule has 2 rings (SSSR count). The first-order valence-corrected chi connectivity index (χ1v) is 6.25. The minimum atomic E-state index is 0.383. The molecule has 0 atom stereocenters. The molecule has 2 heterocycles. The predicted octanol–water partition coefficient (Wildman–Crippen LogP) is 1.22. The molecule has 1 aliphatic rings. The van der Waals surface area contributed by atoms with Crippen LogP contribution >= 0.6 is 0 Å². The van der Waals surface area contributed by atoms with Crippen LogP contribution in [0.15, 0.2) is 6.07 Å². The maximum atomic E-state index is 9.04. The zero-order chi connectivity index (χ0) is 13.1. The molecule has 0 aromatic carbocycles. The van der Waals surface area contributed by atoms with Crippen molar-refractivity contribution in [2.45, 2.75) is 18.8 Å². The molecule has 1 aliphatic heterocycles. The highest BCUT2D eigenvalue weighted by Crippen LogP contribution is 2.26. The Morgan fingerprint density at radius 2 is 2.00 bits per heavy atom. The van der Waals surface area contributed by atoms with E-state index in [-0.39, 0.29) is 0 Å². The van der Waals surface area contributed by atoms with Gasteiger partial charge in [-0.25, -0.2) is 9.97 Å². The van der Waals surface area contributed by atoms with E-state index in [0.717, 1.165) is 37.6 Å². The first-order valence-electron chi connectivity index (χ1n) is 6.25. The molecule has 18 heavy (non-hydrogen) atoms. The number of nitrogens with zero attached hydrogens (tertiary/aromatic N) is 5. The highest BCUT2D eigenvalue weighted by molar-refractivity contribution is 5.41. The lowest BCUT2D eigenvalue weighted by molar-refractivity contribution is 0.251. The summed E-state index contributed by atoms with van der Waals surface area (Å²) >= 11 is 0. The Balaban J connectivity index is 2.27. The molecule has 0 radical (unpaired) electrons. The van der Waals surface area contributed by atoms with E-state index in [1.54, 1.807) is 6.07 Å². The van der Waals surface area contributed by atoms with E-state index in [4.69, 9.17) is 5.26 Å². The highest BCUT2D eigenvalue weighted by atomic mass is 15.2. The first kappa shape index (κ1) is 12.8. The fourth-order valence-electron chi connectivity index (χ4n) is 2.19. The third-order valence-corrected chi connectivity index (χ3v) is 3.39. The summed E-state index contributed by atoms with van der Waals surface area (Å²) in [6, 6.07) is 3.86. The standard InChI is InChI=1S/C13H19N5/c1-17(2)12-8-11(9-14)15-13(16-12)10-4-6-18(3)7-5-10/h8,10H,4-7H2,1-3H3. The summed E-state index contributed by atoms with van der Waals surface area (Å²) in [6.45, 7) is 2.14. The van der Waals surface area contributed by atoms with Crippen molar-refractivity contribution in [3.63, 3.8) is 0 Å². The molecule has 0 unspecified atom stereocenters. The Morgan fingerprint density at radius 3 is 2.56 bits per heavy atom. The first-order chi connectivity index (χ1) is 8.60. The quantitative estimate of drug-likeness (QED) is 0.784. The average Bonchev–Trinajstić information content (AvgIpc) is 2.39. The van der Waals surface area contributed by atoms with Crippen LogP contribution in [-0.2, 0) is 0 Å². The third-order valence-electron chi connectivity index (χ3n) is 3.39. The van der Waals surface area contributed by atoms with Crippen LogP contribution in [0.5, 0.6) is 0 Å². The smallest absolute Gasteiger partial charge is 0.146 e. The van der Waals surface area contributed by atoms with Crippen LogP contribution in [-0.4, -0.2) is 49.1 Å². The molecular weight excluding hydrogens is 226 g/mol. The molecule has 0 amide bonds. The van der Waals surface area contributed by atoms with Gasteiger partial charge in [-0.05, 0) is 33.0 Å². The van der Waals surface area contributed by atoms with Gasteiger partial charge in [0, 0.05) is 26.1 Å². The number of nitriles is 1. The van der Waals surface area contributed by atoms with Gasteiger partial charge >= 0.3 is 0 Å². The summed E-state index contributed by atoms with van der Waals surface area (Å²) in [4.78, 5) is 13.2. The van der Waals surface area contributed by atoms with Crippen molar-refractivity contribution >= 4 is 5.82 Å². The fourth-order valence-corrected chi connectivity index (χ4v) is 2.19. The number of anilines is 1. The lowest BCUT2D eigenvalue weighted by atomic mass is 9.96. The van der Waals surface area contributed by atoms with Gasteiger partial charge in [-0.2, -0.15) is 5.26 Å². The second kappa shape index (κ2) is 5.32. The number of hydrogen-bond donors (Lipinski definition) is 0. The van der Waals surface area contributed by atoms with Gasteiger partial charge in [-0.3, -0.25) is 0 Å². The summed E-state index contributed by atoms with van der Waals surface area (Å²) in [7, 11) is 6.00. The van der Waals surface area contributed by atoms with Gasteiger partial charge in [0.05, 0.1) is 0 Å². The summed E-state index contributed by atoms with van der Waals surface area (Å²) in [5, 5.41) is 9.04. The third kappa shape index (κ3) is 2.77. The van der Waals surface area contributed by atoms with E-state index in [2.05, 4.69) is 28.0 Å². The normalized spacial score (nSPS) is 17.4. The lowest BCUT2D eigenvalue weighted by Crippen LogP contribution is -2.30. The van der Waals surface area contributed by atoms with Gasteiger partial charge in [0.1, 0.15) is 23.4 Å². The van der Waals surface area contributed by atoms with E-state index in [1.807, 2.05) is 19.0 Å². The van der Waals surface area contributed by atoms with Gasteiger partial charge in [-0.15, -0.1) is 0 Å². The van der Waals surface area contributed by atoms with E-state index in [9.17, 15) is 0 Å². The molecular formula is C13H19N5. The summed E-state index contributed by atoms with van der Waals surface area (Å²) < 4.78 is 0. The topological polar surface area (TPSA) is 56.1 Å². The monoisotopic (exact) mass is 245 g/mol. The van der Waals surface area contributed by atoms with Crippen LogP contribution in [0.25, 0.3) is 0 Å². The maximum Gasteiger partial charge on any atom is 0.146 e. The Hall–Kier alpha value is -1.67. The van der Waals surface area contributed by atoms with Crippen LogP contribution in [0.1, 0.15) is 30.3 Å². The zero-order valence-electron chi connectivity index (χ0n) is 11.2. The van der Waals surface area contributed by atoms with Gasteiger partial charge in [0.2, 0.25) is 0 Å². The van der Waals surface area contributed by atoms with Crippen LogP contribution in [0.4, 0.5) is 5.82 Å². The van der Waals surface area contributed by atoms with Crippen LogP contribution in [0.2, 0.25) is 0 Å². The molecule has 0 spiro atoms. The average molecular weight is 245 g/mol. The van der Waals surface area contributed by atoms with Crippen LogP contribution in [0, 0.1) is 11.3 Å². The maximum absolute atomic E-state index is 9.04. The van der Waals surface area contributed by atoms with Gasteiger partial charge in [0.25, 0.3) is 0 Å². The second-order valence-corrected chi connectivity index (χ2v) is 5.05. The molecule has 1 aromatic heterocycles. The van der Waals surface area contributed by atoms with Crippen molar-refractivity contribution < 1.29 is 0 Å². The van der Waals surface area contributed by atoms with Crippen LogP contribution in [0.3, 0.4) is 0 Å². The molecule has 5 heteroatoms. The van der Waals surface area contributed by atoms with Crippen molar-refractivity contribution in [1.29, 1.82) is 5.26 Å². The molecule has 0 aliphatic carbocycles. The Labute approximate surface area is 108 Å². The Morgan fingerprint density at radius 1 is 1.33 bits per heavy atom. The van der Waals surface area contributed by atoms with Crippen molar-refractivity contribution in [1.82, 2.24) is 14.9 Å². The molecule has 1 aromatic rings. The summed E-state index contributed by atoms with van der Waals surface area (Å²) in [6.07, 6.45) is 2.14. The largest absolute Gasteiger partial charge is 0.363 e. The highest BCUT2D eigenvalue weighted by Gasteiger charge is 2.22. The molecule has 0 N–H and O–H groups in total. The van der Waals surface area contributed by atoms with Crippen molar-refractivity contribution in [3.05, 3.63) is 17.6 Å². The van der Waals surface area contributed by atoms with Crippen LogP contribution < -0.4 is 4.90 Å². The van der Waals surface area contributed by atoms with Crippen molar-refractivity contribution in [2.24, 2.45) is 0 Å². The van der Waals surface area contributed by atoms with E-state index >= 15 is 0 Å². The number of likely N-dealkylation sites (tertiary alicyclic amines) is 1. The molecule has 1 saturated heterocycles. The number of rotatable bonds is 2. The van der Waals surface area contributed by atoms with E-state index in [1.165, 1.54) is 0 Å². The number of piperidine rings is 1. The lowest BCUT2D eigenvalue weighted by Gasteiger charge is -2.28. The molecule has 96 valence electrons. The van der Waals surface area contributed by atoms with E-state index in [0.29, 0.717) is 11.6 Å². The Kier molecular flexibility index (Phi) is 3.78. The second-order valence-electron chi connectivity index (χ2n) is 5.05. The van der Waals surface area contributed by atoms with Gasteiger partial charge in [0.15, 0.2) is 0 Å². The molecule has 0 bridgehead atoms. The Bertz CT molecular complexity index is 455. The molecule has 5 nitrogen and oxygen atoms in total. The van der Waals surface area contributed by atoms with Gasteiger partial charge < -0.3 is 9.80 Å². The van der Waals surface area contributed by atoms with Crippen molar-refractivity contribution in [3.8, 4) is 6.07 Å². The fraction of sp³-hybridized carbons (Fsp3) is 0.615. The number of hydrogen-bond acceptors (Lipinski definition) is 5. The SMILES string of the molecule is CN1CCC(c2nc(C#N)cc(N(C)C)n2)CC1. The summed E-state index contributed by atoms with van der Waals surface area (Å²) in [5.74, 6) is 2.02. The predicted molar refractivity (Wildman–Crippen MR) is 70.5 cm³/mol. The molecule has 0 saturated carbocycles. The molecule has 1 fully saturated rings. The minimum absolute atomic E-state index is 0.383. The zero-order valence-corrected chi connectivity index (χ0v) is 11.2. The van der Waals surface area contributed by atoms with Gasteiger partial charge in [-0.1, -0.05) is 0 Å². The summed E-state index contributed by atoms with van der Waals surface area (Å²) in [5.41, 5.74) is 0.461.